The molecule has 0 spiro atoms. The number of carbonyl (C=O) groups is 1. The second kappa shape index (κ2) is 10.0. The lowest BCUT2D eigenvalue weighted by Gasteiger charge is -2.28. The van der Waals surface area contributed by atoms with Crippen LogP contribution in [0.4, 0.5) is 0 Å². The Morgan fingerprint density at radius 3 is 2.16 bits per heavy atom. The number of sulfonamides is 1. The van der Waals surface area contributed by atoms with E-state index in [4.69, 9.17) is 9.47 Å². The van der Waals surface area contributed by atoms with E-state index >= 15 is 0 Å². The van der Waals surface area contributed by atoms with Crippen LogP contribution in [-0.2, 0) is 19.5 Å². The fourth-order valence-corrected chi connectivity index (χ4v) is 6.05. The summed E-state index contributed by atoms with van der Waals surface area (Å²) in [5, 5.41) is 0. The third-order valence-corrected chi connectivity index (χ3v) is 8.64. The lowest BCUT2D eigenvalue weighted by Crippen LogP contribution is -2.41. The van der Waals surface area contributed by atoms with Crippen molar-refractivity contribution < 1.29 is 22.7 Å². The molecule has 0 N–H and O–H groups in total. The van der Waals surface area contributed by atoms with Gasteiger partial charge in [0, 0.05) is 40.4 Å². The molecule has 2 fully saturated rings. The molecule has 166 valence electrons. The van der Waals surface area contributed by atoms with Crippen molar-refractivity contribution in [2.24, 2.45) is 0 Å². The van der Waals surface area contributed by atoms with Gasteiger partial charge in [-0.15, -0.1) is 0 Å². The lowest BCUT2D eigenvalue weighted by molar-refractivity contribution is 0.0300. The van der Waals surface area contributed by atoms with Crippen molar-refractivity contribution in [2.45, 2.75) is 14.7 Å². The minimum absolute atomic E-state index is 0.131. The first-order valence-corrected chi connectivity index (χ1v) is 13.0. The summed E-state index contributed by atoms with van der Waals surface area (Å²) in [4.78, 5) is 16.9. The maximum Gasteiger partial charge on any atom is 0.255 e. The SMILES string of the molecule is O=C(c1cc(S(=O)(=O)N2CCOCC2)ccc1Sc1ccc(Br)cc1)N1CCOCC1. The first kappa shape index (κ1) is 22.8. The summed E-state index contributed by atoms with van der Waals surface area (Å²) in [6, 6.07) is 12.6. The maximum absolute atomic E-state index is 13.3. The van der Waals surface area contributed by atoms with Gasteiger partial charge in [-0.25, -0.2) is 8.42 Å². The zero-order chi connectivity index (χ0) is 21.8. The Morgan fingerprint density at radius 1 is 0.903 bits per heavy atom. The van der Waals surface area contributed by atoms with Gasteiger partial charge >= 0.3 is 0 Å². The Kier molecular flexibility index (Phi) is 7.35. The monoisotopic (exact) mass is 526 g/mol. The summed E-state index contributed by atoms with van der Waals surface area (Å²) in [7, 11) is -3.70. The van der Waals surface area contributed by atoms with Gasteiger partial charge in [-0.2, -0.15) is 4.31 Å². The molecule has 0 unspecified atom stereocenters. The molecule has 2 aliphatic rings. The molecule has 1 amide bonds. The van der Waals surface area contributed by atoms with Gasteiger partial charge in [-0.3, -0.25) is 4.79 Å². The summed E-state index contributed by atoms with van der Waals surface area (Å²) < 4.78 is 39.3. The predicted molar refractivity (Wildman–Crippen MR) is 121 cm³/mol. The molecule has 0 aliphatic carbocycles. The number of hydrogen-bond donors (Lipinski definition) is 0. The smallest absolute Gasteiger partial charge is 0.255 e. The molecule has 2 heterocycles. The van der Waals surface area contributed by atoms with Crippen molar-refractivity contribution in [3.8, 4) is 0 Å². The summed E-state index contributed by atoms with van der Waals surface area (Å²) >= 11 is 4.87. The molecule has 0 atom stereocenters. The number of rotatable bonds is 5. The third kappa shape index (κ3) is 5.32. The van der Waals surface area contributed by atoms with E-state index in [1.54, 1.807) is 17.0 Å². The number of ether oxygens (including phenoxy) is 2. The first-order valence-electron chi connectivity index (χ1n) is 9.97. The number of benzene rings is 2. The molecule has 0 aromatic heterocycles. The standard InChI is InChI=1S/C21H23BrN2O5S2/c22-16-1-3-17(4-2-16)30-20-6-5-18(31(26,27)24-9-13-29-14-10-24)15-19(20)21(25)23-7-11-28-12-8-23/h1-6,15H,7-14H2. The molecule has 2 saturated heterocycles. The predicted octanol–water partition coefficient (Wildman–Crippen LogP) is 3.09. The summed E-state index contributed by atoms with van der Waals surface area (Å²) in [6.07, 6.45) is 0. The van der Waals surface area contributed by atoms with Crippen LogP contribution in [0.2, 0.25) is 0 Å². The van der Waals surface area contributed by atoms with Crippen LogP contribution in [0.3, 0.4) is 0 Å². The summed E-state index contributed by atoms with van der Waals surface area (Å²) in [5.41, 5.74) is 0.393. The van der Waals surface area contributed by atoms with Crippen molar-refractivity contribution in [3.63, 3.8) is 0 Å². The van der Waals surface area contributed by atoms with E-state index in [0.29, 0.717) is 58.2 Å². The molecule has 4 rings (SSSR count). The number of halogens is 1. The van der Waals surface area contributed by atoms with Crippen LogP contribution in [0.15, 0.2) is 61.6 Å². The molecule has 10 heteroatoms. The molecular weight excluding hydrogens is 504 g/mol. The molecule has 2 aromatic rings. The molecule has 0 saturated carbocycles. The van der Waals surface area contributed by atoms with Crippen LogP contribution in [0.5, 0.6) is 0 Å². The van der Waals surface area contributed by atoms with E-state index in [0.717, 1.165) is 14.3 Å². The van der Waals surface area contributed by atoms with Gasteiger partial charge in [-0.05, 0) is 42.5 Å². The van der Waals surface area contributed by atoms with Crippen molar-refractivity contribution in [2.75, 3.05) is 52.6 Å². The van der Waals surface area contributed by atoms with Crippen molar-refractivity contribution >= 4 is 43.6 Å². The van der Waals surface area contributed by atoms with Gasteiger partial charge < -0.3 is 14.4 Å². The third-order valence-electron chi connectivity index (χ3n) is 5.13. The molecule has 31 heavy (non-hydrogen) atoms. The molecule has 0 bridgehead atoms. The highest BCUT2D eigenvalue weighted by atomic mass is 79.9. The topological polar surface area (TPSA) is 76.2 Å². The van der Waals surface area contributed by atoms with Gasteiger partial charge in [0.1, 0.15) is 0 Å². The minimum atomic E-state index is -3.70. The van der Waals surface area contributed by atoms with Gasteiger partial charge in [0.2, 0.25) is 10.0 Å². The van der Waals surface area contributed by atoms with Crippen LogP contribution in [0, 0.1) is 0 Å². The molecular formula is C21H23BrN2O5S2. The van der Waals surface area contributed by atoms with E-state index in [2.05, 4.69) is 15.9 Å². The largest absolute Gasteiger partial charge is 0.379 e. The molecule has 2 aliphatic heterocycles. The normalized spacial score (nSPS) is 18.2. The number of carbonyl (C=O) groups excluding carboxylic acids is 1. The van der Waals surface area contributed by atoms with Gasteiger partial charge in [-0.1, -0.05) is 27.7 Å². The number of amides is 1. The summed E-state index contributed by atoms with van der Waals surface area (Å²) in [6.45, 7) is 3.30. The molecule has 0 radical (unpaired) electrons. The zero-order valence-corrected chi connectivity index (χ0v) is 20.0. The Balaban J connectivity index is 1.70. The van der Waals surface area contributed by atoms with E-state index in [9.17, 15) is 13.2 Å². The molecule has 7 nitrogen and oxygen atoms in total. The lowest BCUT2D eigenvalue weighted by atomic mass is 10.2. The van der Waals surface area contributed by atoms with Gasteiger partial charge in [0.15, 0.2) is 0 Å². The summed E-state index contributed by atoms with van der Waals surface area (Å²) in [5.74, 6) is -0.179. The average Bonchev–Trinajstić information content (AvgIpc) is 2.81. The maximum atomic E-state index is 13.3. The Hall–Kier alpha value is -1.43. The van der Waals surface area contributed by atoms with E-state index in [1.165, 1.54) is 22.1 Å². The van der Waals surface area contributed by atoms with E-state index in [1.807, 2.05) is 24.3 Å². The highest BCUT2D eigenvalue weighted by Gasteiger charge is 2.29. The van der Waals surface area contributed by atoms with Crippen molar-refractivity contribution in [1.29, 1.82) is 0 Å². The highest BCUT2D eigenvalue weighted by Crippen LogP contribution is 2.34. The Labute approximate surface area is 194 Å². The highest BCUT2D eigenvalue weighted by molar-refractivity contribution is 9.10. The number of morpholine rings is 2. The number of nitrogens with zero attached hydrogens (tertiary/aromatic N) is 2. The quantitative estimate of drug-likeness (QED) is 0.595. The minimum Gasteiger partial charge on any atom is -0.379 e. The van der Waals surface area contributed by atoms with Crippen LogP contribution in [0.1, 0.15) is 10.4 Å². The first-order chi connectivity index (χ1) is 14.9. The van der Waals surface area contributed by atoms with E-state index in [-0.39, 0.29) is 10.8 Å². The Morgan fingerprint density at radius 2 is 1.52 bits per heavy atom. The fourth-order valence-electron chi connectivity index (χ4n) is 3.43. The van der Waals surface area contributed by atoms with Crippen LogP contribution < -0.4 is 0 Å². The second-order valence-electron chi connectivity index (χ2n) is 7.13. The van der Waals surface area contributed by atoms with E-state index < -0.39 is 10.0 Å². The molecule has 2 aromatic carbocycles. The number of hydrogen-bond acceptors (Lipinski definition) is 6. The van der Waals surface area contributed by atoms with Gasteiger partial charge in [0.25, 0.3) is 5.91 Å². The zero-order valence-electron chi connectivity index (χ0n) is 16.8. The Bertz CT molecular complexity index is 1030. The van der Waals surface area contributed by atoms with Crippen molar-refractivity contribution in [3.05, 3.63) is 52.5 Å². The van der Waals surface area contributed by atoms with Crippen LogP contribution in [0.25, 0.3) is 0 Å². The second-order valence-corrected chi connectivity index (χ2v) is 11.1. The van der Waals surface area contributed by atoms with Gasteiger partial charge in [0.05, 0.1) is 36.9 Å². The van der Waals surface area contributed by atoms with Crippen LogP contribution in [-0.4, -0.2) is 76.1 Å². The fraction of sp³-hybridized carbons (Fsp3) is 0.381. The average molecular weight is 527 g/mol. The van der Waals surface area contributed by atoms with Crippen LogP contribution >= 0.6 is 27.7 Å². The van der Waals surface area contributed by atoms with Crippen molar-refractivity contribution in [1.82, 2.24) is 9.21 Å².